The largest absolute Gasteiger partial charge is 0.366 e. The quantitative estimate of drug-likeness (QED) is 0.571. The number of carbonyl (C=O) groups is 1. The van der Waals surface area contributed by atoms with Crippen molar-refractivity contribution in [2.45, 2.75) is 42.5 Å². The summed E-state index contributed by atoms with van der Waals surface area (Å²) < 4.78 is 9.09. The van der Waals surface area contributed by atoms with Crippen LogP contribution in [0.5, 0.6) is 0 Å². The molecule has 0 aliphatic carbocycles. The van der Waals surface area contributed by atoms with Gasteiger partial charge in [0.2, 0.25) is 15.1 Å². The Balaban J connectivity index is -0.000000337. The van der Waals surface area contributed by atoms with E-state index in [1.165, 1.54) is 16.7 Å². The smallest absolute Gasteiger partial charge is 0.248 e. The molecule has 0 aromatic heterocycles. The number of carbonyl (C=O) groups excluding carboxylic acids is 1. The number of nitrogens with zero attached hydrogens (tertiary/aromatic N) is 1. The van der Waals surface area contributed by atoms with Crippen LogP contribution in [0.4, 0.5) is 0 Å². The van der Waals surface area contributed by atoms with Gasteiger partial charge >= 0.3 is 0 Å². The van der Waals surface area contributed by atoms with Gasteiger partial charge in [0.25, 0.3) is 0 Å². The lowest BCUT2D eigenvalue weighted by molar-refractivity contribution is 0.1000. The highest BCUT2D eigenvalue weighted by Crippen LogP contribution is 2.09. The molecule has 0 aliphatic rings. The summed E-state index contributed by atoms with van der Waals surface area (Å²) in [5.74, 6) is -0.367. The van der Waals surface area contributed by atoms with Gasteiger partial charge in [-0.1, -0.05) is 27.0 Å². The Kier molecular flexibility index (Phi) is 16.8. The number of hydrogen-bond acceptors (Lipinski definition) is 3. The van der Waals surface area contributed by atoms with Gasteiger partial charge in [-0.3, -0.25) is 4.79 Å². The molecule has 0 saturated carbocycles. The van der Waals surface area contributed by atoms with E-state index in [2.05, 4.69) is 27.4 Å². The van der Waals surface area contributed by atoms with Crippen molar-refractivity contribution in [1.82, 2.24) is 0 Å². The molecule has 7 heteroatoms. The molecular weight excluding hydrogens is 403 g/mol. The van der Waals surface area contributed by atoms with E-state index in [4.69, 9.17) is 15.2 Å². The highest BCUT2D eigenvalue weighted by atomic mass is 36.0. The van der Waals surface area contributed by atoms with Crippen LogP contribution in [-0.2, 0) is 9.23 Å². The number of rotatable bonds is 1. The fraction of sp³-hybridized carbons (Fsp3) is 0.300. The van der Waals surface area contributed by atoms with Crippen molar-refractivity contribution in [2.75, 3.05) is 0 Å². The van der Waals surface area contributed by atoms with E-state index in [1.807, 2.05) is 52.0 Å². The Bertz CT molecular complexity index is 799. The van der Waals surface area contributed by atoms with Crippen LogP contribution in [0.2, 0.25) is 0 Å². The summed E-state index contributed by atoms with van der Waals surface area (Å²) in [4.78, 5) is 10.7. The molecule has 0 bridgehead atoms. The number of amides is 1. The zero-order valence-corrected chi connectivity index (χ0v) is 16.8. The monoisotopic (exact) mass is 430 g/mol. The minimum absolute atomic E-state index is 0. The second kappa shape index (κ2) is 15.2. The lowest BCUT2D eigenvalue weighted by Gasteiger charge is -2.00. The van der Waals surface area contributed by atoms with Crippen LogP contribution in [0.3, 0.4) is 0 Å². The maximum absolute atomic E-state index is 10.7. The molecule has 0 fully saturated rings. The van der Waals surface area contributed by atoms with Gasteiger partial charge in [0.15, 0.2) is 0 Å². The fourth-order valence-corrected chi connectivity index (χ4v) is 1.71. The number of hydrogen-bond donors (Lipinski definition) is 1. The van der Waals surface area contributed by atoms with Crippen LogP contribution < -0.4 is 5.73 Å². The zero-order chi connectivity index (χ0) is 19.6. The molecule has 0 saturated heterocycles. The van der Waals surface area contributed by atoms with E-state index in [1.54, 1.807) is 12.1 Å². The van der Waals surface area contributed by atoms with E-state index in [-0.39, 0.29) is 20.8 Å². The molecule has 0 aliphatic heterocycles. The van der Waals surface area contributed by atoms with E-state index < -0.39 is 9.23 Å². The molecule has 27 heavy (non-hydrogen) atoms. The van der Waals surface area contributed by atoms with Crippen LogP contribution >= 0.6 is 21.4 Å². The molecule has 0 radical (unpaired) electrons. The highest BCUT2D eigenvalue weighted by molar-refractivity contribution is 8.26. The van der Waals surface area contributed by atoms with Crippen molar-refractivity contribution >= 4 is 36.5 Å². The Morgan fingerprint density at radius 3 is 1.67 bits per heavy atom. The number of aryl methyl sites for hydroxylation is 4. The predicted octanol–water partition coefficient (Wildman–Crippen LogP) is 5.89. The third kappa shape index (κ3) is 13.0. The minimum Gasteiger partial charge on any atom is -0.366 e. The van der Waals surface area contributed by atoms with Crippen molar-refractivity contribution in [2.24, 2.45) is 5.73 Å². The third-order valence-corrected chi connectivity index (χ3v) is 3.43. The standard InChI is InChI=1S/C9H11NO.C9H9N.2CH4.Cl2OS/c1-6-3-4-8(9(10)11)5-7(6)2;1-7-3-4-9(6-10)5-8(7)2;;;1-4(2)3/h3-5H,1-2H3,(H2,10,11);3-5H,1-2H3;2*1H4;. The van der Waals surface area contributed by atoms with E-state index in [0.717, 1.165) is 11.1 Å². The molecule has 1 amide bonds. The maximum atomic E-state index is 10.7. The second-order valence-corrected chi connectivity index (χ2v) is 7.78. The first-order chi connectivity index (χ1) is 11.6. The lowest BCUT2D eigenvalue weighted by atomic mass is 10.1. The topological polar surface area (TPSA) is 83.9 Å². The summed E-state index contributed by atoms with van der Waals surface area (Å²) in [7, 11) is 7.36. The second-order valence-electron chi connectivity index (χ2n) is 5.26. The number of halogens is 2. The summed E-state index contributed by atoms with van der Waals surface area (Å²) in [5, 5.41) is 8.50. The SMILES string of the molecule is C.C.Cc1ccc(C#N)cc1C.Cc1ccc(C(N)=O)cc1C.O=S(Cl)Cl. The maximum Gasteiger partial charge on any atom is 0.248 e. The third-order valence-electron chi connectivity index (χ3n) is 3.43. The van der Waals surface area contributed by atoms with Gasteiger partial charge in [0.1, 0.15) is 0 Å². The number of primary amides is 1. The Morgan fingerprint density at radius 2 is 1.33 bits per heavy atom. The van der Waals surface area contributed by atoms with Gasteiger partial charge in [-0.2, -0.15) is 5.26 Å². The molecule has 2 rings (SSSR count). The molecule has 0 unspecified atom stereocenters. The average Bonchev–Trinajstić information content (AvgIpc) is 2.52. The zero-order valence-electron chi connectivity index (χ0n) is 14.5. The van der Waals surface area contributed by atoms with Crippen LogP contribution in [-0.4, -0.2) is 10.1 Å². The summed E-state index contributed by atoms with van der Waals surface area (Å²) in [5.41, 5.74) is 11.1. The van der Waals surface area contributed by atoms with Gasteiger partial charge < -0.3 is 5.73 Å². The Hall–Kier alpha value is -1.87. The normalized spacial score (nSPS) is 8.52. The molecule has 2 N–H and O–H groups in total. The van der Waals surface area contributed by atoms with Gasteiger partial charge in [-0.05, 0) is 74.2 Å². The van der Waals surface area contributed by atoms with Crippen molar-refractivity contribution in [3.8, 4) is 6.07 Å². The molecule has 0 spiro atoms. The van der Waals surface area contributed by atoms with Crippen molar-refractivity contribution < 1.29 is 9.00 Å². The Labute approximate surface area is 174 Å². The van der Waals surface area contributed by atoms with Crippen molar-refractivity contribution in [3.63, 3.8) is 0 Å². The van der Waals surface area contributed by atoms with Crippen LogP contribution in [0.1, 0.15) is 53.0 Å². The molecule has 2 aromatic carbocycles. The van der Waals surface area contributed by atoms with Crippen LogP contribution in [0.25, 0.3) is 0 Å². The molecule has 150 valence electrons. The summed E-state index contributed by atoms with van der Waals surface area (Å²) in [6, 6.07) is 13.2. The van der Waals surface area contributed by atoms with E-state index in [0.29, 0.717) is 5.56 Å². The molecule has 4 nitrogen and oxygen atoms in total. The summed E-state index contributed by atoms with van der Waals surface area (Å²) in [6.07, 6.45) is 0. The molecule has 0 heterocycles. The summed E-state index contributed by atoms with van der Waals surface area (Å²) >= 11 is 0. The number of nitriles is 1. The van der Waals surface area contributed by atoms with E-state index >= 15 is 0 Å². The molecule has 2 aromatic rings. The Morgan fingerprint density at radius 1 is 0.926 bits per heavy atom. The first-order valence-corrected chi connectivity index (χ1v) is 9.97. The fourth-order valence-electron chi connectivity index (χ4n) is 1.71. The number of nitrogens with two attached hydrogens (primary N) is 1. The van der Waals surface area contributed by atoms with Crippen LogP contribution in [0.15, 0.2) is 36.4 Å². The number of benzene rings is 2. The van der Waals surface area contributed by atoms with Gasteiger partial charge in [0.05, 0.1) is 11.6 Å². The molecule has 0 atom stereocenters. The highest BCUT2D eigenvalue weighted by Gasteiger charge is 2.00. The summed E-state index contributed by atoms with van der Waals surface area (Å²) in [6.45, 7) is 8.01. The lowest BCUT2D eigenvalue weighted by Crippen LogP contribution is -2.10. The predicted molar refractivity (Wildman–Crippen MR) is 118 cm³/mol. The van der Waals surface area contributed by atoms with Crippen molar-refractivity contribution in [3.05, 3.63) is 69.8 Å². The molecular formula is C20H28Cl2N2O2S. The first-order valence-electron chi connectivity index (χ1n) is 7.17. The minimum atomic E-state index is -1.67. The van der Waals surface area contributed by atoms with E-state index in [9.17, 15) is 4.79 Å². The van der Waals surface area contributed by atoms with Gasteiger partial charge in [0, 0.05) is 26.9 Å². The van der Waals surface area contributed by atoms with Gasteiger partial charge in [-0.15, -0.1) is 0 Å². The van der Waals surface area contributed by atoms with Crippen molar-refractivity contribution in [1.29, 1.82) is 5.26 Å². The average molecular weight is 431 g/mol. The van der Waals surface area contributed by atoms with Crippen LogP contribution in [0, 0.1) is 39.0 Å². The van der Waals surface area contributed by atoms with Gasteiger partial charge in [-0.25, -0.2) is 4.21 Å². The first kappa shape index (κ1) is 29.9.